The largest absolute Gasteiger partial charge is 0.330 e. The zero-order valence-corrected chi connectivity index (χ0v) is 11.8. The maximum absolute atomic E-state index is 6.57. The van der Waals surface area contributed by atoms with Crippen molar-refractivity contribution in [3.8, 4) is 0 Å². The predicted molar refractivity (Wildman–Crippen MR) is 63.9 cm³/mol. The highest BCUT2D eigenvalue weighted by Crippen LogP contribution is 2.31. The third-order valence-corrected chi connectivity index (χ3v) is 13.8. The maximum Gasteiger partial charge on any atom is 0.0634 e. The molecule has 0 saturated carbocycles. The first-order valence-electron chi connectivity index (χ1n) is 4.85. The van der Waals surface area contributed by atoms with Crippen LogP contribution in [0.3, 0.4) is 0 Å². The van der Waals surface area contributed by atoms with E-state index in [2.05, 4.69) is 46.2 Å². The highest BCUT2D eigenvalue weighted by Gasteiger charge is 2.47. The number of nitrogens with two attached hydrogens (primary N) is 1. The molecule has 0 aliphatic rings. The van der Waals surface area contributed by atoms with Gasteiger partial charge in [-0.15, -0.1) is 0 Å². The Hall–Kier alpha value is 0.394. The van der Waals surface area contributed by atoms with Gasteiger partial charge in [-0.3, -0.25) is 0 Å². The molecule has 0 aromatic carbocycles. The lowest BCUT2D eigenvalue weighted by atomic mass is 10.5. The van der Waals surface area contributed by atoms with Gasteiger partial charge in [0.25, 0.3) is 0 Å². The van der Waals surface area contributed by atoms with Crippen molar-refractivity contribution in [2.24, 2.45) is 5.73 Å². The van der Waals surface area contributed by atoms with Gasteiger partial charge in [-0.05, 0) is 6.42 Å². The van der Waals surface area contributed by atoms with Crippen molar-refractivity contribution in [1.29, 1.82) is 0 Å². The highest BCUT2D eigenvalue weighted by atomic mass is 28.4. The molecule has 0 aromatic heterocycles. The first-order chi connectivity index (χ1) is 5.06. The van der Waals surface area contributed by atoms with Gasteiger partial charge < -0.3 is 5.73 Å². The summed E-state index contributed by atoms with van der Waals surface area (Å²) < 4.78 is 0. The average Bonchev–Trinajstić information content (AvgIpc) is 1.81. The average molecular weight is 203 g/mol. The Kier molecular flexibility index (Phi) is 3.38. The molecule has 2 N–H and O–H groups in total. The van der Waals surface area contributed by atoms with E-state index in [0.717, 1.165) is 6.42 Å². The minimum Gasteiger partial charge on any atom is -0.330 e. The summed E-state index contributed by atoms with van der Waals surface area (Å²) in [5.41, 5.74) is 6.57. The summed E-state index contributed by atoms with van der Waals surface area (Å²) in [6.45, 7) is 16.6. The van der Waals surface area contributed by atoms with E-state index < -0.39 is 16.1 Å². The summed E-state index contributed by atoms with van der Waals surface area (Å²) in [5.74, 6) is 0. The molecule has 74 valence electrons. The second kappa shape index (κ2) is 3.27. The molecule has 0 spiro atoms. The van der Waals surface area contributed by atoms with Gasteiger partial charge in [0.05, 0.1) is 16.1 Å². The fourth-order valence-electron chi connectivity index (χ4n) is 2.19. The SMILES string of the molecule is CCC(N)([Si](C)(C)C)[Si](C)(C)C. The fourth-order valence-corrected chi connectivity index (χ4v) is 13.3. The Bertz CT molecular complexity index is 139. The van der Waals surface area contributed by atoms with E-state index in [1.807, 2.05) is 0 Å². The van der Waals surface area contributed by atoms with Crippen molar-refractivity contribution in [2.75, 3.05) is 0 Å². The quantitative estimate of drug-likeness (QED) is 0.701. The van der Waals surface area contributed by atoms with E-state index in [4.69, 9.17) is 5.73 Å². The van der Waals surface area contributed by atoms with Gasteiger partial charge in [-0.25, -0.2) is 0 Å². The van der Waals surface area contributed by atoms with Crippen molar-refractivity contribution >= 4 is 16.1 Å². The molecule has 0 aliphatic carbocycles. The zero-order valence-electron chi connectivity index (χ0n) is 9.78. The second-order valence-corrected chi connectivity index (χ2v) is 17.1. The third kappa shape index (κ3) is 2.00. The predicted octanol–water partition coefficient (Wildman–Crippen LogP) is 2.85. The van der Waals surface area contributed by atoms with Crippen molar-refractivity contribution in [1.82, 2.24) is 0 Å². The normalized spacial score (nSPS) is 15.0. The van der Waals surface area contributed by atoms with Crippen LogP contribution in [-0.2, 0) is 0 Å². The van der Waals surface area contributed by atoms with Gasteiger partial charge >= 0.3 is 0 Å². The van der Waals surface area contributed by atoms with Gasteiger partial charge in [0.15, 0.2) is 0 Å². The van der Waals surface area contributed by atoms with Gasteiger partial charge in [-0.2, -0.15) is 0 Å². The van der Waals surface area contributed by atoms with Crippen LogP contribution < -0.4 is 5.73 Å². The van der Waals surface area contributed by atoms with Crippen LogP contribution >= 0.6 is 0 Å². The van der Waals surface area contributed by atoms with Crippen LogP contribution in [0, 0.1) is 0 Å². The molecule has 1 nitrogen and oxygen atoms in total. The lowest BCUT2D eigenvalue weighted by molar-refractivity contribution is 0.711. The molecule has 0 radical (unpaired) electrons. The van der Waals surface area contributed by atoms with Gasteiger partial charge in [0.1, 0.15) is 0 Å². The molecule has 12 heavy (non-hydrogen) atoms. The van der Waals surface area contributed by atoms with Crippen LogP contribution in [0.1, 0.15) is 13.3 Å². The molecule has 0 aromatic rings. The summed E-state index contributed by atoms with van der Waals surface area (Å²) in [7, 11) is -2.41. The first kappa shape index (κ1) is 12.4. The van der Waals surface area contributed by atoms with Crippen LogP contribution in [0.4, 0.5) is 0 Å². The smallest absolute Gasteiger partial charge is 0.0634 e. The number of hydrogen-bond acceptors (Lipinski definition) is 1. The molecule has 3 heteroatoms. The fraction of sp³-hybridized carbons (Fsp3) is 1.00. The Morgan fingerprint density at radius 3 is 1.17 bits per heavy atom. The molecule has 0 fully saturated rings. The van der Waals surface area contributed by atoms with Crippen LogP contribution in [0.5, 0.6) is 0 Å². The molecule has 0 unspecified atom stereocenters. The Morgan fingerprint density at radius 2 is 1.17 bits per heavy atom. The minimum absolute atomic E-state index is 0.194. The summed E-state index contributed by atoms with van der Waals surface area (Å²) in [6.07, 6.45) is 1.15. The second-order valence-electron chi connectivity index (χ2n) is 5.82. The molecule has 0 bridgehead atoms. The molecule has 0 rings (SSSR count). The monoisotopic (exact) mass is 203 g/mol. The maximum atomic E-state index is 6.57. The summed E-state index contributed by atoms with van der Waals surface area (Å²) in [5, 5.41) is 0. The Balaban J connectivity index is 4.95. The number of hydrogen-bond donors (Lipinski definition) is 1. The van der Waals surface area contributed by atoms with Gasteiger partial charge in [0, 0.05) is 4.79 Å². The molecule has 0 aliphatic heterocycles. The van der Waals surface area contributed by atoms with E-state index in [9.17, 15) is 0 Å². The van der Waals surface area contributed by atoms with E-state index >= 15 is 0 Å². The third-order valence-electron chi connectivity index (χ3n) is 3.23. The minimum atomic E-state index is -1.21. The first-order valence-corrected chi connectivity index (χ1v) is 11.8. The number of rotatable bonds is 3. The van der Waals surface area contributed by atoms with E-state index in [-0.39, 0.29) is 4.79 Å². The highest BCUT2D eigenvalue weighted by molar-refractivity contribution is 6.98. The molecule has 0 heterocycles. The summed E-state index contributed by atoms with van der Waals surface area (Å²) in [4.78, 5) is 0.194. The van der Waals surface area contributed by atoms with Crippen molar-refractivity contribution < 1.29 is 0 Å². The lowest BCUT2D eigenvalue weighted by Gasteiger charge is -2.48. The van der Waals surface area contributed by atoms with Gasteiger partial charge in [0.2, 0.25) is 0 Å². The van der Waals surface area contributed by atoms with E-state index in [0.29, 0.717) is 0 Å². The molecule has 0 atom stereocenters. The van der Waals surface area contributed by atoms with E-state index in [1.165, 1.54) is 0 Å². The molecular formula is C9H25NSi2. The lowest BCUT2D eigenvalue weighted by Crippen LogP contribution is -2.72. The topological polar surface area (TPSA) is 26.0 Å². The van der Waals surface area contributed by atoms with Crippen molar-refractivity contribution in [2.45, 2.75) is 57.4 Å². The summed E-state index contributed by atoms with van der Waals surface area (Å²) >= 11 is 0. The van der Waals surface area contributed by atoms with Crippen LogP contribution in [0.2, 0.25) is 39.3 Å². The zero-order chi connectivity index (χ0) is 10.2. The van der Waals surface area contributed by atoms with Crippen LogP contribution in [-0.4, -0.2) is 20.9 Å². The molecular weight excluding hydrogens is 178 g/mol. The van der Waals surface area contributed by atoms with Crippen LogP contribution in [0.15, 0.2) is 0 Å². The summed E-state index contributed by atoms with van der Waals surface area (Å²) in [6, 6.07) is 0. The molecule has 0 amide bonds. The van der Waals surface area contributed by atoms with E-state index in [1.54, 1.807) is 0 Å². The van der Waals surface area contributed by atoms with Crippen molar-refractivity contribution in [3.63, 3.8) is 0 Å². The van der Waals surface area contributed by atoms with Crippen molar-refractivity contribution in [3.05, 3.63) is 0 Å². The van der Waals surface area contributed by atoms with Crippen LogP contribution in [0.25, 0.3) is 0 Å². The Labute approximate surface area is 79.8 Å². The standard InChI is InChI=1S/C9H25NSi2/c1-8-9(10,11(2,3)4)12(5,6)7/h8,10H2,1-7H3. The molecule has 0 saturated heterocycles. The van der Waals surface area contributed by atoms with Gasteiger partial charge in [-0.1, -0.05) is 46.2 Å². The Morgan fingerprint density at radius 1 is 0.917 bits per heavy atom.